The molecule has 0 radical (unpaired) electrons. The highest BCUT2D eigenvalue weighted by Gasteiger charge is 2.24. The quantitative estimate of drug-likeness (QED) is 0.640. The third-order valence-corrected chi connectivity index (χ3v) is 4.38. The molecule has 0 spiro atoms. The number of carbonyl (C=O) groups excluding carboxylic acids is 1. The number of ether oxygens (including phenoxy) is 2. The molecule has 28 heavy (non-hydrogen) atoms. The highest BCUT2D eigenvalue weighted by molar-refractivity contribution is 5.89. The van der Waals surface area contributed by atoms with Gasteiger partial charge in [0.2, 0.25) is 0 Å². The molecule has 6 nitrogen and oxygen atoms in total. The largest absolute Gasteiger partial charge is 0.496 e. The molecule has 0 saturated carbocycles. The standard InChI is InChI=1S/C22H21NO5/c1-27-19-12-11-16-9-5-6-10-17(16)21(19)18(13-20(24)25)23-22(26)28-14-15-7-3-2-4-8-15/h2-12,18H,13-14H2,1H3,(H,23,26)(H,24,25)/t18-/m1/s1. The predicted octanol–water partition coefficient (Wildman–Crippen LogP) is 4.29. The summed E-state index contributed by atoms with van der Waals surface area (Å²) in [6, 6.07) is 19.7. The van der Waals surface area contributed by atoms with E-state index in [0.29, 0.717) is 11.3 Å². The Morgan fingerprint density at radius 2 is 1.71 bits per heavy atom. The minimum absolute atomic E-state index is 0.0964. The molecule has 0 unspecified atom stereocenters. The molecular weight excluding hydrogens is 358 g/mol. The van der Waals surface area contributed by atoms with Crippen LogP contribution in [0.5, 0.6) is 5.75 Å². The van der Waals surface area contributed by atoms with Crippen LogP contribution < -0.4 is 10.1 Å². The monoisotopic (exact) mass is 379 g/mol. The van der Waals surface area contributed by atoms with Crippen molar-refractivity contribution >= 4 is 22.8 Å². The molecule has 0 aromatic heterocycles. The Hall–Kier alpha value is -3.54. The van der Waals surface area contributed by atoms with Crippen molar-refractivity contribution in [1.82, 2.24) is 5.32 Å². The molecule has 0 aliphatic heterocycles. The molecule has 0 aliphatic rings. The lowest BCUT2D eigenvalue weighted by atomic mass is 9.95. The van der Waals surface area contributed by atoms with Crippen LogP contribution in [0.2, 0.25) is 0 Å². The van der Waals surface area contributed by atoms with E-state index >= 15 is 0 Å². The van der Waals surface area contributed by atoms with Gasteiger partial charge in [-0.05, 0) is 22.4 Å². The highest BCUT2D eigenvalue weighted by atomic mass is 16.5. The van der Waals surface area contributed by atoms with Crippen LogP contribution in [0.15, 0.2) is 66.7 Å². The predicted molar refractivity (Wildman–Crippen MR) is 105 cm³/mol. The van der Waals surface area contributed by atoms with Crippen LogP contribution in [-0.2, 0) is 16.1 Å². The van der Waals surface area contributed by atoms with Crippen LogP contribution in [0.4, 0.5) is 4.79 Å². The fraction of sp³-hybridized carbons (Fsp3) is 0.182. The van der Waals surface area contributed by atoms with E-state index in [1.54, 1.807) is 6.07 Å². The second-order valence-electron chi connectivity index (χ2n) is 6.26. The molecular formula is C22H21NO5. The van der Waals surface area contributed by atoms with Gasteiger partial charge in [-0.3, -0.25) is 4.79 Å². The number of alkyl carbamates (subject to hydrolysis) is 1. The Labute approximate surface area is 162 Å². The number of rotatable bonds is 7. The smallest absolute Gasteiger partial charge is 0.407 e. The van der Waals surface area contributed by atoms with Gasteiger partial charge >= 0.3 is 12.1 Å². The molecule has 0 aliphatic carbocycles. The van der Waals surface area contributed by atoms with E-state index in [1.165, 1.54) is 7.11 Å². The van der Waals surface area contributed by atoms with Crippen molar-refractivity contribution in [2.24, 2.45) is 0 Å². The summed E-state index contributed by atoms with van der Waals surface area (Å²) in [5.74, 6) is -0.531. The first-order chi connectivity index (χ1) is 13.6. The molecule has 3 aromatic carbocycles. The van der Waals surface area contributed by atoms with Gasteiger partial charge in [-0.25, -0.2) is 4.79 Å². The lowest BCUT2D eigenvalue weighted by molar-refractivity contribution is -0.137. The maximum absolute atomic E-state index is 12.4. The number of aliphatic carboxylic acids is 1. The average molecular weight is 379 g/mol. The van der Waals surface area contributed by atoms with Crippen molar-refractivity contribution in [3.63, 3.8) is 0 Å². The van der Waals surface area contributed by atoms with E-state index in [4.69, 9.17) is 9.47 Å². The van der Waals surface area contributed by atoms with Gasteiger partial charge in [0.25, 0.3) is 0 Å². The zero-order valence-corrected chi connectivity index (χ0v) is 15.4. The third kappa shape index (κ3) is 4.59. The Bertz CT molecular complexity index is 971. The summed E-state index contributed by atoms with van der Waals surface area (Å²) in [5.41, 5.74) is 1.45. The fourth-order valence-electron chi connectivity index (χ4n) is 3.12. The molecule has 1 amide bonds. The number of hydrogen-bond acceptors (Lipinski definition) is 4. The molecule has 1 atom stereocenters. The van der Waals surface area contributed by atoms with Gasteiger partial charge in [0, 0.05) is 5.56 Å². The molecule has 0 saturated heterocycles. The normalized spacial score (nSPS) is 11.6. The lowest BCUT2D eigenvalue weighted by Gasteiger charge is -2.21. The van der Waals surface area contributed by atoms with E-state index in [2.05, 4.69) is 5.32 Å². The van der Waals surface area contributed by atoms with Crippen LogP contribution >= 0.6 is 0 Å². The third-order valence-electron chi connectivity index (χ3n) is 4.38. The fourth-order valence-corrected chi connectivity index (χ4v) is 3.12. The van der Waals surface area contributed by atoms with Gasteiger partial charge in [-0.1, -0.05) is 60.7 Å². The lowest BCUT2D eigenvalue weighted by Crippen LogP contribution is -2.31. The highest BCUT2D eigenvalue weighted by Crippen LogP contribution is 2.34. The summed E-state index contributed by atoms with van der Waals surface area (Å²) >= 11 is 0. The first kappa shape index (κ1) is 19.2. The number of carbonyl (C=O) groups is 2. The number of methoxy groups -OCH3 is 1. The zero-order valence-electron chi connectivity index (χ0n) is 15.4. The molecule has 0 bridgehead atoms. The molecule has 2 N–H and O–H groups in total. The number of nitrogens with one attached hydrogen (secondary N) is 1. The number of fused-ring (bicyclic) bond motifs is 1. The maximum atomic E-state index is 12.4. The molecule has 144 valence electrons. The molecule has 0 heterocycles. The van der Waals surface area contributed by atoms with Gasteiger partial charge in [0.1, 0.15) is 12.4 Å². The van der Waals surface area contributed by atoms with Crippen LogP contribution in [-0.4, -0.2) is 24.3 Å². The number of amides is 1. The average Bonchev–Trinajstić information content (AvgIpc) is 2.71. The van der Waals surface area contributed by atoms with Crippen molar-refractivity contribution in [3.05, 3.63) is 77.9 Å². The Morgan fingerprint density at radius 3 is 2.43 bits per heavy atom. The minimum Gasteiger partial charge on any atom is -0.496 e. The maximum Gasteiger partial charge on any atom is 0.407 e. The Balaban J connectivity index is 1.87. The number of hydrogen-bond donors (Lipinski definition) is 2. The number of carboxylic acids is 1. The minimum atomic E-state index is -1.04. The van der Waals surface area contributed by atoms with Crippen molar-refractivity contribution in [3.8, 4) is 5.75 Å². The van der Waals surface area contributed by atoms with E-state index in [1.807, 2.05) is 60.7 Å². The van der Waals surface area contributed by atoms with Gasteiger partial charge in [0.15, 0.2) is 0 Å². The molecule has 0 fully saturated rings. The summed E-state index contributed by atoms with van der Waals surface area (Å²) in [4.78, 5) is 23.8. The van der Waals surface area contributed by atoms with Crippen molar-refractivity contribution < 1.29 is 24.2 Å². The van der Waals surface area contributed by atoms with E-state index in [9.17, 15) is 14.7 Å². The van der Waals surface area contributed by atoms with Crippen LogP contribution in [0.25, 0.3) is 10.8 Å². The SMILES string of the molecule is COc1ccc2ccccc2c1[C@@H](CC(=O)O)NC(=O)OCc1ccccc1. The summed E-state index contributed by atoms with van der Waals surface area (Å²) in [6.45, 7) is 0.0964. The van der Waals surface area contributed by atoms with Crippen molar-refractivity contribution in [2.45, 2.75) is 19.1 Å². The summed E-state index contributed by atoms with van der Waals surface area (Å²) in [7, 11) is 1.51. The number of benzene rings is 3. The van der Waals surface area contributed by atoms with Gasteiger partial charge in [-0.2, -0.15) is 0 Å². The van der Waals surface area contributed by atoms with E-state index < -0.39 is 18.1 Å². The summed E-state index contributed by atoms with van der Waals surface area (Å²) < 4.78 is 10.7. The summed E-state index contributed by atoms with van der Waals surface area (Å²) in [6.07, 6.45) is -0.991. The van der Waals surface area contributed by atoms with Gasteiger partial charge < -0.3 is 19.9 Å². The van der Waals surface area contributed by atoms with Crippen molar-refractivity contribution in [1.29, 1.82) is 0 Å². The Morgan fingerprint density at radius 1 is 1.00 bits per heavy atom. The van der Waals surface area contributed by atoms with E-state index in [0.717, 1.165) is 16.3 Å². The first-order valence-electron chi connectivity index (χ1n) is 8.83. The molecule has 3 rings (SSSR count). The first-order valence-corrected chi connectivity index (χ1v) is 8.83. The molecule has 6 heteroatoms. The van der Waals surface area contributed by atoms with Gasteiger partial charge in [-0.15, -0.1) is 0 Å². The molecule has 3 aromatic rings. The van der Waals surface area contributed by atoms with Crippen LogP contribution in [0.1, 0.15) is 23.6 Å². The second-order valence-corrected chi connectivity index (χ2v) is 6.26. The number of carboxylic acid groups (broad SMARTS) is 1. The van der Waals surface area contributed by atoms with Gasteiger partial charge in [0.05, 0.1) is 19.6 Å². The van der Waals surface area contributed by atoms with E-state index in [-0.39, 0.29) is 13.0 Å². The topological polar surface area (TPSA) is 84.9 Å². The van der Waals surface area contributed by atoms with Crippen molar-refractivity contribution in [2.75, 3.05) is 7.11 Å². The zero-order chi connectivity index (χ0) is 19.9. The van der Waals surface area contributed by atoms with Crippen LogP contribution in [0, 0.1) is 0 Å². The van der Waals surface area contributed by atoms with Crippen LogP contribution in [0.3, 0.4) is 0 Å². The summed E-state index contributed by atoms with van der Waals surface area (Å²) in [5, 5.41) is 13.8. The Kier molecular flexibility index (Phi) is 6.11. The second kappa shape index (κ2) is 8.90.